The summed E-state index contributed by atoms with van der Waals surface area (Å²) in [7, 11) is 2.82. The molecule has 1 atom stereocenters. The van der Waals surface area contributed by atoms with E-state index in [-0.39, 0.29) is 25.1 Å². The van der Waals surface area contributed by atoms with Gasteiger partial charge in [-0.05, 0) is 38.8 Å². The number of ether oxygens (including phenoxy) is 2. The summed E-state index contributed by atoms with van der Waals surface area (Å²) >= 11 is 0. The van der Waals surface area contributed by atoms with Crippen LogP contribution in [0, 0.1) is 0 Å². The number of alkyl carbamates (subject to hydrolysis) is 1. The molecular formula is C24H34N8O6. The van der Waals surface area contributed by atoms with E-state index in [9.17, 15) is 19.8 Å². The summed E-state index contributed by atoms with van der Waals surface area (Å²) in [5, 5.41) is 31.4. The number of aliphatic hydroxyl groups is 1. The molecule has 0 aliphatic heterocycles. The maximum atomic E-state index is 11.8. The van der Waals surface area contributed by atoms with Crippen LogP contribution in [0.5, 0.6) is 5.75 Å². The summed E-state index contributed by atoms with van der Waals surface area (Å²) in [6, 6.07) is 3.40. The van der Waals surface area contributed by atoms with Crippen molar-refractivity contribution in [2.45, 2.75) is 58.2 Å². The molecule has 14 nitrogen and oxygen atoms in total. The summed E-state index contributed by atoms with van der Waals surface area (Å²) in [6.07, 6.45) is 1.74. The van der Waals surface area contributed by atoms with Gasteiger partial charge in [-0.1, -0.05) is 13.3 Å². The predicted molar refractivity (Wildman–Crippen MR) is 139 cm³/mol. The van der Waals surface area contributed by atoms with Crippen LogP contribution in [0.25, 0.3) is 11.0 Å². The Kier molecular flexibility index (Phi) is 9.23. The van der Waals surface area contributed by atoms with E-state index in [1.807, 2.05) is 6.92 Å². The van der Waals surface area contributed by atoms with Gasteiger partial charge in [-0.3, -0.25) is 10.00 Å². The van der Waals surface area contributed by atoms with Crippen LogP contribution in [0.1, 0.15) is 51.4 Å². The zero-order valence-electron chi connectivity index (χ0n) is 22.1. The smallest absolute Gasteiger partial charge is 0.411 e. The Morgan fingerprint density at radius 3 is 2.55 bits per heavy atom. The molecule has 0 saturated heterocycles. The van der Waals surface area contributed by atoms with Crippen molar-refractivity contribution in [3.8, 4) is 5.75 Å². The van der Waals surface area contributed by atoms with E-state index < -0.39 is 17.7 Å². The molecule has 3 aromatic heterocycles. The molecule has 3 rings (SSSR count). The molecule has 0 unspecified atom stereocenters. The van der Waals surface area contributed by atoms with Crippen LogP contribution in [-0.2, 0) is 16.8 Å². The summed E-state index contributed by atoms with van der Waals surface area (Å²) in [5.74, 6) is 0.778. The number of pyridine rings is 1. The summed E-state index contributed by atoms with van der Waals surface area (Å²) < 4.78 is 11.9. The quantitative estimate of drug-likeness (QED) is 0.232. The average Bonchev–Trinajstić information content (AvgIpc) is 3.26. The van der Waals surface area contributed by atoms with Crippen molar-refractivity contribution in [2.75, 3.05) is 31.5 Å². The molecule has 3 aromatic rings. The van der Waals surface area contributed by atoms with Gasteiger partial charge in [0, 0.05) is 12.6 Å². The number of fused-ring (bicyclic) bond motifs is 1. The molecule has 0 aliphatic rings. The number of amides is 2. The lowest BCUT2D eigenvalue weighted by atomic mass is 9.99. The van der Waals surface area contributed by atoms with E-state index in [1.54, 1.807) is 30.7 Å². The zero-order chi connectivity index (χ0) is 27.9. The number of aliphatic hydroxyl groups excluding tert-OH is 1. The second kappa shape index (κ2) is 12.4. The number of aromatic nitrogens is 5. The molecule has 0 aromatic carbocycles. The van der Waals surface area contributed by atoms with Crippen molar-refractivity contribution in [2.24, 2.45) is 0 Å². The van der Waals surface area contributed by atoms with Crippen molar-refractivity contribution in [3.63, 3.8) is 0 Å². The minimum absolute atomic E-state index is 0.0192. The Hall–Kier alpha value is -4.20. The van der Waals surface area contributed by atoms with Crippen LogP contribution < -0.4 is 20.7 Å². The fourth-order valence-corrected chi connectivity index (χ4v) is 4.01. The second-order valence-electron chi connectivity index (χ2n) is 9.09. The molecule has 38 heavy (non-hydrogen) atoms. The Bertz CT molecular complexity index is 1270. The van der Waals surface area contributed by atoms with Gasteiger partial charge in [0.2, 0.25) is 5.95 Å². The molecule has 0 fully saturated rings. The predicted octanol–water partition coefficient (Wildman–Crippen LogP) is 2.92. The van der Waals surface area contributed by atoms with Crippen molar-refractivity contribution in [3.05, 3.63) is 29.7 Å². The van der Waals surface area contributed by atoms with E-state index in [0.29, 0.717) is 40.4 Å². The topological polar surface area (TPSA) is 186 Å². The Morgan fingerprint density at radius 1 is 1.16 bits per heavy atom. The lowest BCUT2D eigenvalue weighted by Crippen LogP contribution is -2.41. The zero-order valence-corrected chi connectivity index (χ0v) is 22.1. The molecule has 0 radical (unpaired) electrons. The normalized spacial score (nSPS) is 12.2. The van der Waals surface area contributed by atoms with E-state index in [1.165, 1.54) is 20.4 Å². The first-order valence-electron chi connectivity index (χ1n) is 12.1. The first kappa shape index (κ1) is 28.4. The highest BCUT2D eigenvalue weighted by molar-refractivity contribution is 5.89. The second-order valence-corrected chi connectivity index (χ2v) is 9.09. The molecule has 2 amide bonds. The minimum atomic E-state index is -1.29. The van der Waals surface area contributed by atoms with Gasteiger partial charge in [0.1, 0.15) is 22.5 Å². The Morgan fingerprint density at radius 2 is 1.92 bits per heavy atom. The number of methoxy groups -OCH3 is 2. The lowest BCUT2D eigenvalue weighted by molar-refractivity contribution is 0.159. The number of carboxylic acid groups (broad SMARTS) is 1. The van der Waals surface area contributed by atoms with E-state index >= 15 is 0 Å². The van der Waals surface area contributed by atoms with Crippen LogP contribution in [-0.4, -0.2) is 74.0 Å². The largest absolute Gasteiger partial charge is 0.495 e. The van der Waals surface area contributed by atoms with E-state index in [2.05, 4.69) is 31.0 Å². The van der Waals surface area contributed by atoms with E-state index in [0.717, 1.165) is 12.8 Å². The highest BCUT2D eigenvalue weighted by Crippen LogP contribution is 2.28. The summed E-state index contributed by atoms with van der Waals surface area (Å²) in [4.78, 5) is 36.5. The number of rotatable bonds is 12. The third-order valence-electron chi connectivity index (χ3n) is 5.85. The van der Waals surface area contributed by atoms with Crippen LogP contribution in [0.3, 0.4) is 0 Å². The number of carbonyl (C=O) groups excluding carboxylic acids is 1. The van der Waals surface area contributed by atoms with E-state index in [4.69, 9.17) is 14.5 Å². The molecule has 0 aliphatic carbocycles. The van der Waals surface area contributed by atoms with Crippen LogP contribution >= 0.6 is 0 Å². The van der Waals surface area contributed by atoms with Gasteiger partial charge >= 0.3 is 12.2 Å². The van der Waals surface area contributed by atoms with Crippen molar-refractivity contribution < 1.29 is 29.3 Å². The van der Waals surface area contributed by atoms with Crippen LogP contribution in [0.2, 0.25) is 0 Å². The number of nitrogens with zero attached hydrogens (tertiary/aromatic N) is 5. The monoisotopic (exact) mass is 530 g/mol. The number of carbonyl (C=O) groups is 2. The minimum Gasteiger partial charge on any atom is -0.495 e. The third kappa shape index (κ3) is 6.76. The molecule has 0 spiro atoms. The standard InChI is InChI=1S/C24H34N8O6/c1-6-7-14(10-11-33)26-20-19-15(28-21(29-20)30-22(34)35)12-25-32(19)13-16-17(37-4)8-9-18(27-16)24(2,3)31-23(36)38-5/h8-9,12,14,33H,6-7,10-11,13H2,1-5H3,(H,31,36)(H,34,35)(H2,26,28,29,30)/t14-/m0/s1. The van der Waals surface area contributed by atoms with Crippen LogP contribution in [0.15, 0.2) is 18.3 Å². The average molecular weight is 531 g/mol. The molecule has 14 heteroatoms. The fourth-order valence-electron chi connectivity index (χ4n) is 4.01. The molecular weight excluding hydrogens is 496 g/mol. The number of anilines is 2. The third-order valence-corrected chi connectivity index (χ3v) is 5.85. The van der Waals surface area contributed by atoms with Crippen molar-refractivity contribution in [1.82, 2.24) is 30.0 Å². The van der Waals surface area contributed by atoms with Gasteiger partial charge in [0.15, 0.2) is 5.82 Å². The van der Waals surface area contributed by atoms with Gasteiger partial charge in [0.25, 0.3) is 0 Å². The van der Waals surface area contributed by atoms with Crippen LogP contribution in [0.4, 0.5) is 21.4 Å². The van der Waals surface area contributed by atoms with Gasteiger partial charge in [-0.15, -0.1) is 0 Å². The maximum Gasteiger partial charge on any atom is 0.411 e. The molecule has 0 saturated carbocycles. The number of hydrogen-bond donors (Lipinski definition) is 5. The Labute approximate surface area is 219 Å². The van der Waals surface area contributed by atoms with Crippen molar-refractivity contribution in [1.29, 1.82) is 0 Å². The Balaban J connectivity index is 2.07. The SMILES string of the molecule is CCC[C@@H](CCO)Nc1nc(NC(=O)O)nc2cnn(Cc3nc(C(C)(C)NC(=O)OC)ccc3OC)c12. The molecule has 206 valence electrons. The lowest BCUT2D eigenvalue weighted by Gasteiger charge is -2.26. The number of nitrogens with one attached hydrogen (secondary N) is 3. The van der Waals surface area contributed by atoms with Gasteiger partial charge < -0.3 is 30.3 Å². The van der Waals surface area contributed by atoms with Gasteiger partial charge in [0.05, 0.1) is 38.2 Å². The first-order valence-corrected chi connectivity index (χ1v) is 12.1. The highest BCUT2D eigenvalue weighted by atomic mass is 16.5. The summed E-state index contributed by atoms with van der Waals surface area (Å²) in [5.41, 5.74) is 1.21. The summed E-state index contributed by atoms with van der Waals surface area (Å²) in [6.45, 7) is 5.78. The molecule has 3 heterocycles. The molecule has 5 N–H and O–H groups in total. The number of hydrogen-bond acceptors (Lipinski definition) is 10. The highest BCUT2D eigenvalue weighted by Gasteiger charge is 2.27. The van der Waals surface area contributed by atoms with Crippen molar-refractivity contribution >= 4 is 35.0 Å². The molecule has 0 bridgehead atoms. The fraction of sp³-hybridized carbons (Fsp3) is 0.500. The first-order chi connectivity index (χ1) is 18.1. The van der Waals surface area contributed by atoms with Gasteiger partial charge in [-0.2, -0.15) is 10.1 Å². The van der Waals surface area contributed by atoms with Gasteiger partial charge in [-0.25, -0.2) is 19.6 Å². The maximum absolute atomic E-state index is 11.8.